The van der Waals surface area contributed by atoms with E-state index in [9.17, 15) is 23.1 Å². The number of fused-ring (bicyclic) bond motifs is 1. The van der Waals surface area contributed by atoms with E-state index in [1.807, 2.05) is 42.5 Å². The molecule has 0 spiro atoms. The number of hydrogen-bond donors (Lipinski definition) is 2. The Labute approximate surface area is 158 Å². The van der Waals surface area contributed by atoms with E-state index >= 15 is 0 Å². The van der Waals surface area contributed by atoms with Crippen LogP contribution in [0.1, 0.15) is 18.4 Å². The summed E-state index contributed by atoms with van der Waals surface area (Å²) in [6.07, 6.45) is 0.933. The lowest BCUT2D eigenvalue weighted by molar-refractivity contribution is -0.141. The van der Waals surface area contributed by atoms with Crippen LogP contribution >= 0.6 is 0 Å². The van der Waals surface area contributed by atoms with Crippen LogP contribution < -0.4 is 5.32 Å². The average molecular weight is 389 g/mol. The second-order valence-electron chi connectivity index (χ2n) is 7.15. The maximum atomic E-state index is 12.1. The zero-order valence-electron chi connectivity index (χ0n) is 14.9. The molecule has 0 radical (unpaired) electrons. The third-order valence-corrected chi connectivity index (χ3v) is 6.88. The summed E-state index contributed by atoms with van der Waals surface area (Å²) in [5.41, 5.74) is 0.927. The predicted octanol–water partition coefficient (Wildman–Crippen LogP) is 2.02. The number of carboxylic acids is 1. The summed E-state index contributed by atoms with van der Waals surface area (Å²) in [6, 6.07) is 13.6. The van der Waals surface area contributed by atoms with Crippen LogP contribution in [0.25, 0.3) is 10.8 Å². The van der Waals surface area contributed by atoms with Crippen LogP contribution in [0.15, 0.2) is 42.5 Å². The Kier molecular flexibility index (Phi) is 5.79. The van der Waals surface area contributed by atoms with Gasteiger partial charge < -0.3 is 10.4 Å². The maximum absolute atomic E-state index is 12.1. The third-order valence-electron chi connectivity index (χ3n) is 5.04. The normalized spacial score (nSPS) is 19.6. The first-order valence-corrected chi connectivity index (χ1v) is 10.8. The van der Waals surface area contributed by atoms with E-state index in [0.29, 0.717) is 12.8 Å². The lowest BCUT2D eigenvalue weighted by Gasteiger charge is -2.16. The fraction of sp³-hybridized carbons (Fsp3) is 0.400. The molecule has 0 bridgehead atoms. The van der Waals surface area contributed by atoms with Gasteiger partial charge >= 0.3 is 5.97 Å². The first kappa shape index (κ1) is 19.4. The van der Waals surface area contributed by atoms with Crippen LogP contribution in [-0.2, 0) is 25.8 Å². The number of rotatable bonds is 7. The van der Waals surface area contributed by atoms with E-state index < -0.39 is 21.7 Å². The monoisotopic (exact) mass is 389 g/mol. The molecule has 1 aliphatic rings. The molecule has 1 fully saturated rings. The number of benzene rings is 2. The highest BCUT2D eigenvalue weighted by atomic mass is 32.2. The predicted molar refractivity (Wildman–Crippen MR) is 103 cm³/mol. The summed E-state index contributed by atoms with van der Waals surface area (Å²) in [5, 5.41) is 14.3. The van der Waals surface area contributed by atoms with E-state index in [-0.39, 0.29) is 36.3 Å². The lowest BCUT2D eigenvalue weighted by atomic mass is 9.94. The SMILES string of the molecule is O=C(CC1CCS(=O)(=O)C1)NCC(Cc1cccc2ccccc12)C(=O)O. The van der Waals surface area contributed by atoms with Crippen molar-refractivity contribution in [3.8, 4) is 0 Å². The molecule has 144 valence electrons. The molecule has 0 aliphatic carbocycles. The molecule has 1 aliphatic heterocycles. The molecule has 0 saturated carbocycles. The lowest BCUT2D eigenvalue weighted by Crippen LogP contribution is -2.35. The van der Waals surface area contributed by atoms with Crippen molar-refractivity contribution < 1.29 is 23.1 Å². The minimum absolute atomic E-state index is 0.0247. The number of carbonyl (C=O) groups excluding carboxylic acids is 1. The Morgan fingerprint density at radius 2 is 1.89 bits per heavy atom. The molecule has 2 atom stereocenters. The van der Waals surface area contributed by atoms with Crippen LogP contribution in [0.3, 0.4) is 0 Å². The number of nitrogens with one attached hydrogen (secondary N) is 1. The van der Waals surface area contributed by atoms with Gasteiger partial charge in [-0.1, -0.05) is 42.5 Å². The van der Waals surface area contributed by atoms with E-state index in [1.54, 1.807) is 0 Å². The molecule has 2 aromatic rings. The van der Waals surface area contributed by atoms with Gasteiger partial charge in [-0.2, -0.15) is 0 Å². The van der Waals surface area contributed by atoms with E-state index in [4.69, 9.17) is 0 Å². The summed E-state index contributed by atoms with van der Waals surface area (Å²) >= 11 is 0. The van der Waals surface area contributed by atoms with Gasteiger partial charge in [-0.15, -0.1) is 0 Å². The van der Waals surface area contributed by atoms with Gasteiger partial charge in [-0.25, -0.2) is 8.42 Å². The average Bonchev–Trinajstić information content (AvgIpc) is 2.96. The second-order valence-corrected chi connectivity index (χ2v) is 9.38. The zero-order chi connectivity index (χ0) is 19.4. The van der Waals surface area contributed by atoms with E-state index in [1.165, 1.54) is 0 Å². The van der Waals surface area contributed by atoms with Gasteiger partial charge in [0.1, 0.15) is 0 Å². The van der Waals surface area contributed by atoms with Gasteiger partial charge in [0.2, 0.25) is 5.91 Å². The molecule has 2 unspecified atom stereocenters. The van der Waals surface area contributed by atoms with Gasteiger partial charge in [-0.3, -0.25) is 9.59 Å². The van der Waals surface area contributed by atoms with Crippen molar-refractivity contribution >= 4 is 32.5 Å². The largest absolute Gasteiger partial charge is 0.481 e. The molecule has 0 aromatic heterocycles. The molecule has 1 heterocycles. The number of amides is 1. The van der Waals surface area contributed by atoms with Gasteiger partial charge in [0.25, 0.3) is 0 Å². The minimum Gasteiger partial charge on any atom is -0.481 e. The Balaban J connectivity index is 1.61. The fourth-order valence-electron chi connectivity index (χ4n) is 3.59. The van der Waals surface area contributed by atoms with Crippen LogP contribution in [0, 0.1) is 11.8 Å². The molecular weight excluding hydrogens is 366 g/mol. The number of sulfone groups is 1. The quantitative estimate of drug-likeness (QED) is 0.755. The molecule has 2 N–H and O–H groups in total. The van der Waals surface area contributed by atoms with E-state index in [2.05, 4.69) is 5.32 Å². The van der Waals surface area contributed by atoms with Crippen LogP contribution in [0.4, 0.5) is 0 Å². The maximum Gasteiger partial charge on any atom is 0.308 e. The van der Waals surface area contributed by atoms with Crippen molar-refractivity contribution in [3.63, 3.8) is 0 Å². The third kappa shape index (κ3) is 5.07. The Hall–Kier alpha value is -2.41. The van der Waals surface area contributed by atoms with Crippen molar-refractivity contribution in [2.75, 3.05) is 18.1 Å². The first-order valence-electron chi connectivity index (χ1n) is 9.00. The van der Waals surface area contributed by atoms with Gasteiger partial charge in [0.05, 0.1) is 17.4 Å². The van der Waals surface area contributed by atoms with Gasteiger partial charge in [0.15, 0.2) is 9.84 Å². The smallest absolute Gasteiger partial charge is 0.308 e. The molecule has 3 rings (SSSR count). The number of hydrogen-bond acceptors (Lipinski definition) is 4. The summed E-state index contributed by atoms with van der Waals surface area (Å²) in [5.74, 6) is -2.00. The van der Waals surface area contributed by atoms with Crippen molar-refractivity contribution in [2.24, 2.45) is 11.8 Å². The standard InChI is InChI=1S/C20H23NO5S/c22-19(10-14-8-9-27(25,26)13-14)21-12-17(20(23)24)11-16-6-3-5-15-4-1-2-7-18(15)16/h1-7,14,17H,8-13H2,(H,21,22)(H,23,24). The summed E-state index contributed by atoms with van der Waals surface area (Å²) in [6.45, 7) is 0.0247. The Morgan fingerprint density at radius 3 is 2.59 bits per heavy atom. The summed E-state index contributed by atoms with van der Waals surface area (Å²) < 4.78 is 23.0. The summed E-state index contributed by atoms with van der Waals surface area (Å²) in [4.78, 5) is 23.8. The van der Waals surface area contributed by atoms with Gasteiger partial charge in [0, 0.05) is 13.0 Å². The highest BCUT2D eigenvalue weighted by molar-refractivity contribution is 7.91. The van der Waals surface area contributed by atoms with Crippen molar-refractivity contribution in [1.29, 1.82) is 0 Å². The molecule has 27 heavy (non-hydrogen) atoms. The number of aliphatic carboxylic acids is 1. The topological polar surface area (TPSA) is 101 Å². The van der Waals surface area contributed by atoms with Gasteiger partial charge in [-0.05, 0) is 35.1 Å². The summed E-state index contributed by atoms with van der Waals surface area (Å²) in [7, 11) is -3.02. The second kappa shape index (κ2) is 8.08. The Bertz CT molecular complexity index is 949. The molecule has 1 saturated heterocycles. The van der Waals surface area contributed by atoms with Crippen LogP contribution in [0.2, 0.25) is 0 Å². The van der Waals surface area contributed by atoms with Crippen molar-refractivity contribution in [2.45, 2.75) is 19.3 Å². The van der Waals surface area contributed by atoms with Crippen molar-refractivity contribution in [3.05, 3.63) is 48.0 Å². The van der Waals surface area contributed by atoms with Crippen LogP contribution in [-0.4, -0.2) is 43.5 Å². The van der Waals surface area contributed by atoms with Crippen LogP contribution in [0.5, 0.6) is 0 Å². The fourth-order valence-corrected chi connectivity index (χ4v) is 5.45. The molecule has 6 nitrogen and oxygen atoms in total. The molecule has 1 amide bonds. The highest BCUT2D eigenvalue weighted by Gasteiger charge is 2.29. The molecular formula is C20H23NO5S. The molecule has 7 heteroatoms. The highest BCUT2D eigenvalue weighted by Crippen LogP contribution is 2.23. The Morgan fingerprint density at radius 1 is 1.15 bits per heavy atom. The van der Waals surface area contributed by atoms with Crippen molar-refractivity contribution in [1.82, 2.24) is 5.32 Å². The van der Waals surface area contributed by atoms with E-state index in [0.717, 1.165) is 16.3 Å². The number of carbonyl (C=O) groups is 2. The molecule has 2 aromatic carbocycles. The number of carboxylic acid groups (broad SMARTS) is 1. The minimum atomic E-state index is -3.02. The zero-order valence-corrected chi connectivity index (χ0v) is 15.7. The first-order chi connectivity index (χ1) is 12.8.